The minimum atomic E-state index is 0.293. The van der Waals surface area contributed by atoms with Crippen molar-refractivity contribution < 1.29 is 4.74 Å². The van der Waals surface area contributed by atoms with Crippen LogP contribution >= 0.6 is 11.6 Å². The molecule has 1 aromatic carbocycles. The second kappa shape index (κ2) is 5.70. The summed E-state index contributed by atoms with van der Waals surface area (Å²) < 4.78 is 6.00. The molecule has 4 heteroatoms. The molecule has 1 N–H and O–H groups in total. The van der Waals surface area contributed by atoms with Crippen LogP contribution in [0.15, 0.2) is 18.2 Å². The second-order valence-electron chi connectivity index (χ2n) is 5.67. The van der Waals surface area contributed by atoms with Crippen molar-refractivity contribution in [3.05, 3.63) is 28.8 Å². The molecule has 2 aliphatic heterocycles. The lowest BCUT2D eigenvalue weighted by Gasteiger charge is -2.20. The number of nitrogens with one attached hydrogen (secondary N) is 1. The molecule has 0 saturated carbocycles. The van der Waals surface area contributed by atoms with Crippen molar-refractivity contribution in [2.75, 3.05) is 33.2 Å². The molecule has 3 nitrogen and oxygen atoms in total. The molecule has 0 radical (unpaired) electrons. The second-order valence-corrected chi connectivity index (χ2v) is 6.10. The molecule has 0 amide bonds. The highest BCUT2D eigenvalue weighted by Crippen LogP contribution is 2.31. The lowest BCUT2D eigenvalue weighted by Crippen LogP contribution is -2.34. The summed E-state index contributed by atoms with van der Waals surface area (Å²) in [4.78, 5) is 2.53. The van der Waals surface area contributed by atoms with Crippen molar-refractivity contribution in [1.82, 2.24) is 10.2 Å². The fourth-order valence-corrected chi connectivity index (χ4v) is 3.41. The van der Waals surface area contributed by atoms with Gasteiger partial charge in [0, 0.05) is 24.5 Å². The van der Waals surface area contributed by atoms with Gasteiger partial charge in [-0.2, -0.15) is 0 Å². The number of rotatable bonds is 4. The van der Waals surface area contributed by atoms with Crippen LogP contribution in [0.25, 0.3) is 0 Å². The van der Waals surface area contributed by atoms with Crippen molar-refractivity contribution in [1.29, 1.82) is 0 Å². The van der Waals surface area contributed by atoms with Crippen molar-refractivity contribution in [3.63, 3.8) is 0 Å². The lowest BCUT2D eigenvalue weighted by molar-refractivity contribution is 0.165. The molecule has 1 aromatic rings. The number of hydrogen-bond donors (Lipinski definition) is 1. The maximum atomic E-state index is 6.02. The first kappa shape index (κ1) is 13.2. The minimum Gasteiger partial charge on any atom is -0.488 e. The largest absolute Gasteiger partial charge is 0.488 e. The highest BCUT2D eigenvalue weighted by Gasteiger charge is 2.28. The first-order valence-electron chi connectivity index (χ1n) is 7.06. The van der Waals surface area contributed by atoms with Gasteiger partial charge in [-0.25, -0.2) is 0 Å². The van der Waals surface area contributed by atoms with E-state index >= 15 is 0 Å². The van der Waals surface area contributed by atoms with Gasteiger partial charge >= 0.3 is 0 Å². The summed E-state index contributed by atoms with van der Waals surface area (Å²) in [6, 6.07) is 5.93. The number of benzene rings is 1. The monoisotopic (exact) mass is 280 g/mol. The van der Waals surface area contributed by atoms with E-state index in [2.05, 4.69) is 10.2 Å². The van der Waals surface area contributed by atoms with Gasteiger partial charge in [0.15, 0.2) is 0 Å². The third kappa shape index (κ3) is 3.04. The Kier molecular flexibility index (Phi) is 3.96. The Morgan fingerprint density at radius 3 is 3.21 bits per heavy atom. The van der Waals surface area contributed by atoms with Crippen molar-refractivity contribution in [3.8, 4) is 5.75 Å². The number of likely N-dealkylation sites (tertiary alicyclic amines) is 1. The average molecular weight is 281 g/mol. The molecule has 0 bridgehead atoms. The van der Waals surface area contributed by atoms with Crippen molar-refractivity contribution in [2.45, 2.75) is 18.9 Å². The Balaban J connectivity index is 1.54. The zero-order chi connectivity index (χ0) is 13.2. The fraction of sp³-hybridized carbons (Fsp3) is 0.600. The predicted molar refractivity (Wildman–Crippen MR) is 78.0 cm³/mol. The van der Waals surface area contributed by atoms with Gasteiger partial charge in [0.25, 0.3) is 0 Å². The quantitative estimate of drug-likeness (QED) is 0.915. The van der Waals surface area contributed by atoms with Crippen molar-refractivity contribution in [2.24, 2.45) is 5.92 Å². The van der Waals surface area contributed by atoms with Crippen LogP contribution in [-0.4, -0.2) is 44.2 Å². The van der Waals surface area contributed by atoms with Crippen LogP contribution in [0.4, 0.5) is 0 Å². The van der Waals surface area contributed by atoms with E-state index in [1.807, 2.05) is 25.2 Å². The van der Waals surface area contributed by atoms with Gasteiger partial charge in [-0.05, 0) is 56.2 Å². The van der Waals surface area contributed by atoms with Crippen LogP contribution in [0.3, 0.4) is 0 Å². The number of nitrogens with zero attached hydrogens (tertiary/aromatic N) is 1. The molecule has 1 fully saturated rings. The van der Waals surface area contributed by atoms with Gasteiger partial charge in [-0.1, -0.05) is 11.6 Å². The third-order valence-electron chi connectivity index (χ3n) is 4.09. The number of hydrogen-bond acceptors (Lipinski definition) is 3. The Labute approximate surface area is 119 Å². The molecule has 0 aromatic heterocycles. The molecule has 0 spiro atoms. The minimum absolute atomic E-state index is 0.293. The Bertz CT molecular complexity index is 452. The summed E-state index contributed by atoms with van der Waals surface area (Å²) in [6.45, 7) is 4.55. The van der Waals surface area contributed by atoms with Crippen LogP contribution in [0.1, 0.15) is 12.0 Å². The summed E-state index contributed by atoms with van der Waals surface area (Å²) in [5.41, 5.74) is 1.25. The van der Waals surface area contributed by atoms with Gasteiger partial charge < -0.3 is 10.1 Å². The van der Waals surface area contributed by atoms with E-state index in [1.165, 1.54) is 25.1 Å². The van der Waals surface area contributed by atoms with Crippen LogP contribution in [-0.2, 0) is 6.42 Å². The highest BCUT2D eigenvalue weighted by molar-refractivity contribution is 6.30. The maximum Gasteiger partial charge on any atom is 0.123 e. The van der Waals surface area contributed by atoms with E-state index in [0.29, 0.717) is 6.10 Å². The predicted octanol–water partition coefficient (Wildman–Crippen LogP) is 2.18. The first-order chi connectivity index (χ1) is 9.24. The van der Waals surface area contributed by atoms with Gasteiger partial charge in [-0.15, -0.1) is 0 Å². The van der Waals surface area contributed by atoms with Gasteiger partial charge in [-0.3, -0.25) is 4.90 Å². The molecule has 1 saturated heterocycles. The summed E-state index contributed by atoms with van der Waals surface area (Å²) >= 11 is 6.02. The molecule has 19 heavy (non-hydrogen) atoms. The smallest absolute Gasteiger partial charge is 0.123 e. The van der Waals surface area contributed by atoms with Crippen LogP contribution < -0.4 is 10.1 Å². The standard InChI is InChI=1S/C15H21ClN2O/c1-17-8-11-4-5-18(9-11)10-14-7-12-6-13(16)2-3-15(12)19-14/h2-3,6,11,14,17H,4-5,7-10H2,1H3. The number of ether oxygens (including phenoxy) is 1. The normalized spacial score (nSPS) is 26.4. The highest BCUT2D eigenvalue weighted by atomic mass is 35.5. The molecule has 0 aliphatic carbocycles. The molecule has 3 rings (SSSR count). The van der Waals surface area contributed by atoms with E-state index in [9.17, 15) is 0 Å². The molecule has 2 aliphatic rings. The SMILES string of the molecule is CNCC1CCN(CC2Cc3cc(Cl)ccc3O2)C1. The summed E-state index contributed by atoms with van der Waals surface area (Å²) in [5.74, 6) is 1.81. The van der Waals surface area contributed by atoms with E-state index < -0.39 is 0 Å². The third-order valence-corrected chi connectivity index (χ3v) is 4.32. The maximum absolute atomic E-state index is 6.02. The lowest BCUT2D eigenvalue weighted by atomic mass is 10.1. The number of halogens is 1. The van der Waals surface area contributed by atoms with Crippen molar-refractivity contribution >= 4 is 11.6 Å². The number of fused-ring (bicyclic) bond motifs is 1. The first-order valence-corrected chi connectivity index (χ1v) is 7.44. The molecular weight excluding hydrogens is 260 g/mol. The van der Waals surface area contributed by atoms with Crippen LogP contribution in [0, 0.1) is 5.92 Å². The van der Waals surface area contributed by atoms with Crippen LogP contribution in [0.5, 0.6) is 5.75 Å². The van der Waals surface area contributed by atoms with E-state index in [4.69, 9.17) is 16.3 Å². The van der Waals surface area contributed by atoms with E-state index in [0.717, 1.165) is 36.2 Å². The Hall–Kier alpha value is -0.770. The molecular formula is C15H21ClN2O. The average Bonchev–Trinajstić information content (AvgIpc) is 2.96. The molecule has 2 atom stereocenters. The van der Waals surface area contributed by atoms with Gasteiger partial charge in [0.1, 0.15) is 11.9 Å². The zero-order valence-corrected chi connectivity index (χ0v) is 12.1. The van der Waals surface area contributed by atoms with Gasteiger partial charge in [0.05, 0.1) is 0 Å². The topological polar surface area (TPSA) is 24.5 Å². The van der Waals surface area contributed by atoms with Crippen LogP contribution in [0.2, 0.25) is 5.02 Å². The van der Waals surface area contributed by atoms with E-state index in [-0.39, 0.29) is 0 Å². The van der Waals surface area contributed by atoms with Gasteiger partial charge in [0.2, 0.25) is 0 Å². The zero-order valence-electron chi connectivity index (χ0n) is 11.4. The fourth-order valence-electron chi connectivity index (χ4n) is 3.21. The molecule has 2 heterocycles. The molecule has 104 valence electrons. The Morgan fingerprint density at radius 2 is 2.37 bits per heavy atom. The summed E-state index contributed by atoms with van der Waals surface area (Å²) in [5, 5.41) is 4.08. The Morgan fingerprint density at radius 1 is 1.47 bits per heavy atom. The summed E-state index contributed by atoms with van der Waals surface area (Å²) in [6.07, 6.45) is 2.58. The molecule has 2 unspecified atom stereocenters. The van der Waals surface area contributed by atoms with E-state index in [1.54, 1.807) is 0 Å². The summed E-state index contributed by atoms with van der Waals surface area (Å²) in [7, 11) is 2.03.